The molecule has 0 bridgehead atoms. The Morgan fingerprint density at radius 1 is 1.41 bits per heavy atom. The smallest absolute Gasteiger partial charge is 0.416 e. The second-order valence-electron chi connectivity index (χ2n) is 3.49. The molecule has 0 aliphatic rings. The van der Waals surface area contributed by atoms with E-state index in [0.29, 0.717) is 0 Å². The van der Waals surface area contributed by atoms with Crippen LogP contribution in [0.1, 0.15) is 11.1 Å². The molecule has 0 aliphatic heterocycles. The minimum Gasteiger partial charge on any atom is -0.480 e. The van der Waals surface area contributed by atoms with Crippen LogP contribution in [0.5, 0.6) is 0 Å². The van der Waals surface area contributed by atoms with Gasteiger partial charge in [0.25, 0.3) is 0 Å². The fourth-order valence-corrected chi connectivity index (χ4v) is 1.53. The number of aliphatic carboxylic acids is 1. The van der Waals surface area contributed by atoms with E-state index in [1.807, 2.05) is 0 Å². The van der Waals surface area contributed by atoms with Crippen LogP contribution in [-0.2, 0) is 17.4 Å². The Bertz CT molecular complexity index is 434. The lowest BCUT2D eigenvalue weighted by Gasteiger charge is -2.11. The Hall–Kier alpha value is -1.27. The molecule has 94 valence electrons. The van der Waals surface area contributed by atoms with Crippen molar-refractivity contribution in [3.05, 3.63) is 34.3 Å². The lowest BCUT2D eigenvalue weighted by atomic mass is 10.0. The molecule has 0 fully saturated rings. The van der Waals surface area contributed by atoms with Gasteiger partial charge in [0.15, 0.2) is 0 Å². The highest BCUT2D eigenvalue weighted by Crippen LogP contribution is 2.32. The van der Waals surface area contributed by atoms with E-state index >= 15 is 0 Å². The van der Waals surface area contributed by atoms with Gasteiger partial charge >= 0.3 is 12.1 Å². The normalized spacial score (nSPS) is 13.5. The molecule has 1 atom stereocenters. The summed E-state index contributed by atoms with van der Waals surface area (Å²) >= 11 is 5.53. The zero-order valence-electron chi connectivity index (χ0n) is 8.46. The zero-order chi connectivity index (χ0) is 13.2. The monoisotopic (exact) mass is 267 g/mol. The van der Waals surface area contributed by atoms with Crippen LogP contribution in [0.3, 0.4) is 0 Å². The molecule has 0 saturated carbocycles. The van der Waals surface area contributed by atoms with Crippen LogP contribution in [0.15, 0.2) is 18.2 Å². The summed E-state index contributed by atoms with van der Waals surface area (Å²) in [4.78, 5) is 10.5. The fourth-order valence-electron chi connectivity index (χ4n) is 1.27. The second kappa shape index (κ2) is 4.93. The number of halogens is 4. The highest BCUT2D eigenvalue weighted by molar-refractivity contribution is 6.30. The summed E-state index contributed by atoms with van der Waals surface area (Å²) in [5.41, 5.74) is 4.45. The van der Waals surface area contributed by atoms with Gasteiger partial charge in [0.2, 0.25) is 0 Å². The second-order valence-corrected chi connectivity index (χ2v) is 3.93. The Balaban J connectivity index is 3.02. The van der Waals surface area contributed by atoms with E-state index in [9.17, 15) is 18.0 Å². The SMILES string of the molecule is N[C@@H](Cc1cc(Cl)cc(C(F)(F)F)c1)C(=O)O. The largest absolute Gasteiger partial charge is 0.480 e. The topological polar surface area (TPSA) is 63.3 Å². The summed E-state index contributed by atoms with van der Waals surface area (Å²) in [6, 6.07) is 1.63. The number of hydrogen-bond acceptors (Lipinski definition) is 2. The third-order valence-electron chi connectivity index (χ3n) is 2.06. The van der Waals surface area contributed by atoms with Crippen LogP contribution in [-0.4, -0.2) is 17.1 Å². The van der Waals surface area contributed by atoms with E-state index in [0.717, 1.165) is 12.1 Å². The Kier molecular flexibility index (Phi) is 4.00. The number of rotatable bonds is 3. The quantitative estimate of drug-likeness (QED) is 0.883. The molecule has 0 aromatic heterocycles. The molecular formula is C10H9ClF3NO2. The maximum Gasteiger partial charge on any atom is 0.416 e. The summed E-state index contributed by atoms with van der Waals surface area (Å²) < 4.78 is 37.3. The van der Waals surface area contributed by atoms with Gasteiger partial charge in [-0.3, -0.25) is 4.79 Å². The van der Waals surface area contributed by atoms with Crippen molar-refractivity contribution in [2.75, 3.05) is 0 Å². The molecule has 3 N–H and O–H groups in total. The molecule has 0 radical (unpaired) electrons. The number of carbonyl (C=O) groups is 1. The summed E-state index contributed by atoms with van der Waals surface area (Å²) in [5, 5.41) is 8.46. The minimum absolute atomic E-state index is 0.104. The maximum absolute atomic E-state index is 12.4. The molecule has 1 rings (SSSR count). The standard InChI is InChI=1S/C10H9ClF3NO2/c11-7-2-5(3-8(15)9(16)17)1-6(4-7)10(12,13)14/h1-2,4,8H,3,15H2,(H,16,17)/t8-/m0/s1. The highest BCUT2D eigenvalue weighted by atomic mass is 35.5. The van der Waals surface area contributed by atoms with Crippen LogP contribution < -0.4 is 5.73 Å². The molecule has 0 heterocycles. The minimum atomic E-state index is -4.52. The van der Waals surface area contributed by atoms with Crippen molar-refractivity contribution >= 4 is 17.6 Å². The number of alkyl halides is 3. The summed E-state index contributed by atoms with van der Waals surface area (Å²) in [6.45, 7) is 0. The third-order valence-corrected chi connectivity index (χ3v) is 2.28. The van der Waals surface area contributed by atoms with Crippen LogP contribution in [0.2, 0.25) is 5.02 Å². The van der Waals surface area contributed by atoms with E-state index in [2.05, 4.69) is 0 Å². The highest BCUT2D eigenvalue weighted by Gasteiger charge is 2.31. The number of benzene rings is 1. The molecule has 0 aliphatic carbocycles. The van der Waals surface area contributed by atoms with Gasteiger partial charge < -0.3 is 10.8 Å². The first-order valence-electron chi connectivity index (χ1n) is 4.55. The molecule has 3 nitrogen and oxygen atoms in total. The predicted octanol–water partition coefficient (Wildman–Crippen LogP) is 2.31. The third kappa shape index (κ3) is 3.90. The molecule has 0 spiro atoms. The first-order valence-corrected chi connectivity index (χ1v) is 4.93. The van der Waals surface area contributed by atoms with Gasteiger partial charge in [0.1, 0.15) is 6.04 Å². The molecule has 0 saturated heterocycles. The number of nitrogens with two attached hydrogens (primary N) is 1. The molecule has 1 aromatic rings. The van der Waals surface area contributed by atoms with E-state index in [4.69, 9.17) is 22.4 Å². The average molecular weight is 268 g/mol. The van der Waals surface area contributed by atoms with Crippen molar-refractivity contribution in [2.24, 2.45) is 5.73 Å². The summed E-state index contributed by atoms with van der Waals surface area (Å²) in [7, 11) is 0. The van der Waals surface area contributed by atoms with E-state index in [1.165, 1.54) is 6.07 Å². The molecule has 0 amide bonds. The van der Waals surface area contributed by atoms with Crippen molar-refractivity contribution in [3.8, 4) is 0 Å². The van der Waals surface area contributed by atoms with E-state index in [1.54, 1.807) is 0 Å². The van der Waals surface area contributed by atoms with Gasteiger partial charge in [-0.15, -0.1) is 0 Å². The Morgan fingerprint density at radius 2 is 2.00 bits per heavy atom. The van der Waals surface area contributed by atoms with Crippen molar-refractivity contribution in [1.82, 2.24) is 0 Å². The first kappa shape index (κ1) is 13.8. The summed E-state index contributed by atoms with van der Waals surface area (Å²) in [5.74, 6) is -1.28. The predicted molar refractivity (Wildman–Crippen MR) is 55.8 cm³/mol. The first-order chi connectivity index (χ1) is 7.70. The molecule has 17 heavy (non-hydrogen) atoms. The van der Waals surface area contributed by atoms with Gasteiger partial charge in [-0.05, 0) is 30.2 Å². The molecule has 7 heteroatoms. The van der Waals surface area contributed by atoms with Crippen molar-refractivity contribution in [1.29, 1.82) is 0 Å². The van der Waals surface area contributed by atoms with Gasteiger partial charge in [0.05, 0.1) is 5.56 Å². The van der Waals surface area contributed by atoms with Crippen molar-refractivity contribution in [2.45, 2.75) is 18.6 Å². The van der Waals surface area contributed by atoms with Crippen LogP contribution in [0.4, 0.5) is 13.2 Å². The van der Waals surface area contributed by atoms with Crippen molar-refractivity contribution < 1.29 is 23.1 Å². The van der Waals surface area contributed by atoms with Gasteiger partial charge in [-0.1, -0.05) is 11.6 Å². The zero-order valence-corrected chi connectivity index (χ0v) is 9.22. The Morgan fingerprint density at radius 3 is 2.47 bits per heavy atom. The molecule has 0 unspecified atom stereocenters. The molecular weight excluding hydrogens is 259 g/mol. The van der Waals surface area contributed by atoms with Crippen LogP contribution >= 0.6 is 11.6 Å². The van der Waals surface area contributed by atoms with Gasteiger partial charge in [0, 0.05) is 5.02 Å². The average Bonchev–Trinajstić information content (AvgIpc) is 2.15. The van der Waals surface area contributed by atoms with Gasteiger partial charge in [-0.2, -0.15) is 13.2 Å². The van der Waals surface area contributed by atoms with Crippen molar-refractivity contribution in [3.63, 3.8) is 0 Å². The van der Waals surface area contributed by atoms with E-state index in [-0.39, 0.29) is 17.0 Å². The van der Waals surface area contributed by atoms with Crippen LogP contribution in [0.25, 0.3) is 0 Å². The maximum atomic E-state index is 12.4. The lowest BCUT2D eigenvalue weighted by molar-refractivity contribution is -0.138. The number of carboxylic acids is 1. The fraction of sp³-hybridized carbons (Fsp3) is 0.300. The van der Waals surface area contributed by atoms with Gasteiger partial charge in [-0.25, -0.2) is 0 Å². The Labute approximate surface area is 100.0 Å². The molecule has 1 aromatic carbocycles. The number of hydrogen-bond donors (Lipinski definition) is 2. The summed E-state index contributed by atoms with van der Waals surface area (Å²) in [6.07, 6.45) is -4.73. The number of carboxylic acid groups (broad SMARTS) is 1. The lowest BCUT2D eigenvalue weighted by Crippen LogP contribution is -2.32. The van der Waals surface area contributed by atoms with E-state index < -0.39 is 23.8 Å². The van der Waals surface area contributed by atoms with Crippen LogP contribution in [0, 0.1) is 0 Å².